The van der Waals surface area contributed by atoms with E-state index in [4.69, 9.17) is 4.99 Å². The third-order valence-electron chi connectivity index (χ3n) is 5.68. The second-order valence-electron chi connectivity index (χ2n) is 8.78. The number of benzene rings is 1. The van der Waals surface area contributed by atoms with Crippen molar-refractivity contribution >= 4 is 11.9 Å². The van der Waals surface area contributed by atoms with Gasteiger partial charge in [0.25, 0.3) is 0 Å². The number of allylic oxidation sites excluding steroid dienone is 6. The molecular weight excluding hydrogens is 328 g/mol. The zero-order valence-corrected chi connectivity index (χ0v) is 18.4. The Bertz CT molecular complexity index is 868. The average molecular weight is 363 g/mol. The average Bonchev–Trinajstić information content (AvgIpc) is 2.56. The van der Waals surface area contributed by atoms with E-state index in [2.05, 4.69) is 96.8 Å². The molecule has 0 aromatic heterocycles. The molecule has 1 aliphatic rings. The third kappa shape index (κ3) is 4.21. The second-order valence-corrected chi connectivity index (χ2v) is 8.78. The lowest BCUT2D eigenvalue weighted by Crippen LogP contribution is -2.46. The van der Waals surface area contributed by atoms with Crippen LogP contribution in [0.15, 0.2) is 63.1 Å². The SMILES string of the molecule is CN=C/C(=C\C(C)=C\C=C(C)C)C1=NC(C)(C)C(C)(C)c2c(C)cccc21. The van der Waals surface area contributed by atoms with E-state index in [0.717, 1.165) is 11.3 Å². The van der Waals surface area contributed by atoms with Crippen LogP contribution >= 0.6 is 0 Å². The second kappa shape index (κ2) is 7.80. The number of hydrogen-bond donors (Lipinski definition) is 0. The van der Waals surface area contributed by atoms with Crippen molar-refractivity contribution in [2.24, 2.45) is 9.98 Å². The number of aliphatic imine (C=N–C) groups is 2. The van der Waals surface area contributed by atoms with Crippen LogP contribution in [0.3, 0.4) is 0 Å². The van der Waals surface area contributed by atoms with Gasteiger partial charge in [0.05, 0.1) is 11.3 Å². The Balaban J connectivity index is 2.74. The van der Waals surface area contributed by atoms with Crippen LogP contribution < -0.4 is 0 Å². The predicted molar refractivity (Wildman–Crippen MR) is 121 cm³/mol. The van der Waals surface area contributed by atoms with Gasteiger partial charge in [0, 0.05) is 29.8 Å². The third-order valence-corrected chi connectivity index (χ3v) is 5.68. The molecule has 0 spiro atoms. The topological polar surface area (TPSA) is 24.7 Å². The van der Waals surface area contributed by atoms with Gasteiger partial charge in [-0.15, -0.1) is 0 Å². The predicted octanol–water partition coefficient (Wildman–Crippen LogP) is 6.39. The maximum Gasteiger partial charge on any atom is 0.0744 e. The summed E-state index contributed by atoms with van der Waals surface area (Å²) in [5.74, 6) is 0. The molecule has 1 aromatic carbocycles. The van der Waals surface area contributed by atoms with E-state index in [-0.39, 0.29) is 11.0 Å². The van der Waals surface area contributed by atoms with E-state index >= 15 is 0 Å². The molecule has 0 radical (unpaired) electrons. The summed E-state index contributed by atoms with van der Waals surface area (Å²) in [6.45, 7) is 17.6. The normalized spacial score (nSPS) is 18.9. The van der Waals surface area contributed by atoms with Gasteiger partial charge in [-0.2, -0.15) is 0 Å². The number of rotatable bonds is 4. The summed E-state index contributed by atoms with van der Waals surface area (Å²) in [4.78, 5) is 9.55. The van der Waals surface area contributed by atoms with Crippen LogP contribution in [-0.2, 0) is 5.41 Å². The van der Waals surface area contributed by atoms with Crippen LogP contribution in [0.5, 0.6) is 0 Å². The molecule has 2 rings (SSSR count). The first-order valence-electron chi connectivity index (χ1n) is 9.67. The highest BCUT2D eigenvalue weighted by Gasteiger charge is 2.44. The van der Waals surface area contributed by atoms with Crippen molar-refractivity contribution in [1.82, 2.24) is 0 Å². The number of nitrogens with zero attached hydrogens (tertiary/aromatic N) is 2. The van der Waals surface area contributed by atoms with Gasteiger partial charge in [0.15, 0.2) is 0 Å². The van der Waals surface area contributed by atoms with Crippen molar-refractivity contribution in [3.8, 4) is 0 Å². The van der Waals surface area contributed by atoms with Crippen LogP contribution in [-0.4, -0.2) is 24.5 Å². The van der Waals surface area contributed by atoms with Crippen molar-refractivity contribution in [3.05, 3.63) is 69.8 Å². The molecule has 0 unspecified atom stereocenters. The van der Waals surface area contributed by atoms with Gasteiger partial charge in [0.1, 0.15) is 0 Å². The van der Waals surface area contributed by atoms with Crippen molar-refractivity contribution in [1.29, 1.82) is 0 Å². The first kappa shape index (κ1) is 21.1. The van der Waals surface area contributed by atoms with Crippen LogP contribution in [0.2, 0.25) is 0 Å². The lowest BCUT2D eigenvalue weighted by atomic mass is 9.64. The van der Waals surface area contributed by atoms with Gasteiger partial charge in [-0.1, -0.05) is 55.3 Å². The van der Waals surface area contributed by atoms with Crippen molar-refractivity contribution in [3.63, 3.8) is 0 Å². The first-order valence-corrected chi connectivity index (χ1v) is 9.67. The molecule has 0 saturated carbocycles. The molecule has 1 aliphatic heterocycles. The molecule has 0 bridgehead atoms. The van der Waals surface area contributed by atoms with Crippen molar-refractivity contribution in [2.75, 3.05) is 7.05 Å². The Hall–Kier alpha value is -2.22. The maximum absolute atomic E-state index is 5.23. The lowest BCUT2D eigenvalue weighted by Gasteiger charge is -2.45. The molecule has 27 heavy (non-hydrogen) atoms. The molecule has 144 valence electrons. The number of fused-ring (bicyclic) bond motifs is 1. The first-order chi connectivity index (χ1) is 12.5. The zero-order valence-electron chi connectivity index (χ0n) is 18.4. The summed E-state index contributed by atoms with van der Waals surface area (Å²) in [5.41, 5.74) is 8.25. The molecule has 0 atom stereocenters. The summed E-state index contributed by atoms with van der Waals surface area (Å²) in [7, 11) is 1.82. The van der Waals surface area contributed by atoms with Gasteiger partial charge in [-0.05, 0) is 58.7 Å². The van der Waals surface area contributed by atoms with Crippen LogP contribution in [0, 0.1) is 6.92 Å². The van der Waals surface area contributed by atoms with Gasteiger partial charge in [0.2, 0.25) is 0 Å². The lowest BCUT2D eigenvalue weighted by molar-refractivity contribution is 0.302. The Labute approximate surface area is 165 Å². The standard InChI is InChI=1S/C25H34N2/c1-17(2)13-14-18(3)15-20(16-26-9)23-21-12-10-11-19(4)22(21)24(5,6)25(7,8)27-23/h10-16H,1-9H3/b18-14+,20-15+,26-16?. The summed E-state index contributed by atoms with van der Waals surface area (Å²) in [6.07, 6.45) is 8.40. The van der Waals surface area contributed by atoms with E-state index < -0.39 is 0 Å². The molecule has 0 N–H and O–H groups in total. The van der Waals surface area contributed by atoms with Crippen LogP contribution in [0.4, 0.5) is 0 Å². The minimum atomic E-state index is -0.209. The Morgan fingerprint density at radius 3 is 2.30 bits per heavy atom. The maximum atomic E-state index is 5.23. The quantitative estimate of drug-likeness (QED) is 0.438. The Kier molecular flexibility index (Phi) is 6.09. The minimum Gasteiger partial charge on any atom is -0.296 e. The van der Waals surface area contributed by atoms with E-state index in [1.807, 2.05) is 13.3 Å². The summed E-state index contributed by atoms with van der Waals surface area (Å²) in [6, 6.07) is 6.53. The molecule has 2 heteroatoms. The van der Waals surface area contributed by atoms with Crippen molar-refractivity contribution < 1.29 is 0 Å². The highest BCUT2D eigenvalue weighted by molar-refractivity contribution is 6.25. The monoisotopic (exact) mass is 362 g/mol. The van der Waals surface area contributed by atoms with Crippen molar-refractivity contribution in [2.45, 2.75) is 66.3 Å². The zero-order chi connectivity index (χ0) is 20.4. The van der Waals surface area contributed by atoms with Gasteiger partial charge in [-0.25, -0.2) is 0 Å². The highest BCUT2D eigenvalue weighted by Crippen LogP contribution is 2.45. The highest BCUT2D eigenvalue weighted by atomic mass is 14.9. The van der Waals surface area contributed by atoms with Gasteiger partial charge >= 0.3 is 0 Å². The smallest absolute Gasteiger partial charge is 0.0744 e. The number of aryl methyl sites for hydroxylation is 1. The molecule has 0 saturated heterocycles. The van der Waals surface area contributed by atoms with Crippen LogP contribution in [0.1, 0.15) is 65.2 Å². The Morgan fingerprint density at radius 1 is 1.04 bits per heavy atom. The van der Waals surface area contributed by atoms with E-state index in [1.165, 1.54) is 27.8 Å². The molecule has 0 fully saturated rings. The molecule has 0 aliphatic carbocycles. The fourth-order valence-electron chi connectivity index (χ4n) is 3.60. The van der Waals surface area contributed by atoms with E-state index in [1.54, 1.807) is 0 Å². The summed E-state index contributed by atoms with van der Waals surface area (Å²) >= 11 is 0. The number of hydrogen-bond acceptors (Lipinski definition) is 2. The van der Waals surface area contributed by atoms with E-state index in [0.29, 0.717) is 0 Å². The fraction of sp³-hybridized carbons (Fsp3) is 0.440. The molecule has 1 heterocycles. The molecule has 0 amide bonds. The summed E-state index contributed by atoms with van der Waals surface area (Å²) < 4.78 is 0. The molecular formula is C25H34N2. The molecule has 2 nitrogen and oxygen atoms in total. The van der Waals surface area contributed by atoms with Gasteiger partial charge < -0.3 is 0 Å². The van der Waals surface area contributed by atoms with Crippen LogP contribution in [0.25, 0.3) is 0 Å². The largest absolute Gasteiger partial charge is 0.296 e. The Morgan fingerprint density at radius 2 is 1.70 bits per heavy atom. The minimum absolute atomic E-state index is 0.0431. The van der Waals surface area contributed by atoms with E-state index in [9.17, 15) is 0 Å². The fourth-order valence-corrected chi connectivity index (χ4v) is 3.60. The van der Waals surface area contributed by atoms with Gasteiger partial charge in [-0.3, -0.25) is 9.98 Å². The summed E-state index contributed by atoms with van der Waals surface area (Å²) in [5, 5.41) is 0. The molecule has 1 aromatic rings.